The van der Waals surface area contributed by atoms with Gasteiger partial charge < -0.3 is 9.30 Å². The lowest BCUT2D eigenvalue weighted by molar-refractivity contribution is 0.0601. The van der Waals surface area contributed by atoms with E-state index in [-0.39, 0.29) is 5.97 Å². The Kier molecular flexibility index (Phi) is 4.26. The fourth-order valence-corrected chi connectivity index (χ4v) is 3.84. The highest BCUT2D eigenvalue weighted by Gasteiger charge is 2.22. The molecular formula is C21H22N2O2. The SMILES string of the molecule is COC(=O)c1ccc2c(c1)nc(-c1ccccc1)n2C1CCCCC1. The maximum absolute atomic E-state index is 11.9. The molecule has 1 aromatic heterocycles. The van der Waals surface area contributed by atoms with Crippen molar-refractivity contribution in [3.8, 4) is 11.4 Å². The first-order chi connectivity index (χ1) is 12.3. The molecule has 1 aliphatic rings. The van der Waals surface area contributed by atoms with Gasteiger partial charge in [-0.3, -0.25) is 0 Å². The summed E-state index contributed by atoms with van der Waals surface area (Å²) in [6, 6.07) is 16.5. The lowest BCUT2D eigenvalue weighted by Crippen LogP contribution is -2.14. The van der Waals surface area contributed by atoms with Crippen LogP contribution in [-0.4, -0.2) is 22.6 Å². The van der Waals surface area contributed by atoms with Crippen molar-refractivity contribution < 1.29 is 9.53 Å². The highest BCUT2D eigenvalue weighted by Crippen LogP contribution is 2.36. The predicted molar refractivity (Wildman–Crippen MR) is 98.6 cm³/mol. The highest BCUT2D eigenvalue weighted by atomic mass is 16.5. The van der Waals surface area contributed by atoms with Crippen molar-refractivity contribution >= 4 is 17.0 Å². The van der Waals surface area contributed by atoms with Gasteiger partial charge in [-0.05, 0) is 31.0 Å². The van der Waals surface area contributed by atoms with Crippen LogP contribution in [0.2, 0.25) is 0 Å². The zero-order valence-corrected chi connectivity index (χ0v) is 14.4. The third kappa shape index (κ3) is 2.93. The molecule has 0 N–H and O–H groups in total. The van der Waals surface area contributed by atoms with Gasteiger partial charge in [0, 0.05) is 11.6 Å². The minimum Gasteiger partial charge on any atom is -0.465 e. The zero-order valence-electron chi connectivity index (χ0n) is 14.4. The number of fused-ring (bicyclic) bond motifs is 1. The zero-order chi connectivity index (χ0) is 17.2. The van der Waals surface area contributed by atoms with E-state index in [2.05, 4.69) is 16.7 Å². The number of esters is 1. The molecule has 0 bridgehead atoms. The molecule has 0 amide bonds. The average Bonchev–Trinajstić information content (AvgIpc) is 3.07. The number of rotatable bonds is 3. The summed E-state index contributed by atoms with van der Waals surface area (Å²) in [4.78, 5) is 16.8. The van der Waals surface area contributed by atoms with Crippen LogP contribution in [0.4, 0.5) is 0 Å². The van der Waals surface area contributed by atoms with Crippen LogP contribution in [0.1, 0.15) is 48.5 Å². The van der Waals surface area contributed by atoms with Crippen molar-refractivity contribution in [3.05, 3.63) is 54.1 Å². The van der Waals surface area contributed by atoms with Gasteiger partial charge in [-0.15, -0.1) is 0 Å². The molecule has 2 aromatic carbocycles. The molecule has 4 heteroatoms. The van der Waals surface area contributed by atoms with Crippen molar-refractivity contribution in [2.24, 2.45) is 0 Å². The van der Waals surface area contributed by atoms with Gasteiger partial charge in [0.25, 0.3) is 0 Å². The molecule has 0 atom stereocenters. The molecule has 0 unspecified atom stereocenters. The van der Waals surface area contributed by atoms with Crippen molar-refractivity contribution in [3.63, 3.8) is 0 Å². The molecule has 0 radical (unpaired) electrons. The van der Waals surface area contributed by atoms with Crippen LogP contribution in [0.15, 0.2) is 48.5 Å². The number of benzene rings is 2. The Morgan fingerprint density at radius 3 is 2.56 bits per heavy atom. The number of nitrogens with zero attached hydrogens (tertiary/aromatic N) is 2. The molecule has 3 aromatic rings. The van der Waals surface area contributed by atoms with E-state index in [1.165, 1.54) is 39.2 Å². The van der Waals surface area contributed by atoms with Crippen molar-refractivity contribution in [2.75, 3.05) is 7.11 Å². The van der Waals surface area contributed by atoms with E-state index in [1.807, 2.05) is 36.4 Å². The summed E-state index contributed by atoms with van der Waals surface area (Å²) in [6.45, 7) is 0. The topological polar surface area (TPSA) is 44.1 Å². The van der Waals surface area contributed by atoms with E-state index in [0.29, 0.717) is 11.6 Å². The van der Waals surface area contributed by atoms with Crippen molar-refractivity contribution in [2.45, 2.75) is 38.1 Å². The van der Waals surface area contributed by atoms with Crippen LogP contribution in [0, 0.1) is 0 Å². The Labute approximate surface area is 147 Å². The summed E-state index contributed by atoms with van der Waals surface area (Å²) in [6.07, 6.45) is 6.21. The lowest BCUT2D eigenvalue weighted by Gasteiger charge is -2.25. The summed E-state index contributed by atoms with van der Waals surface area (Å²) >= 11 is 0. The summed E-state index contributed by atoms with van der Waals surface area (Å²) < 4.78 is 7.23. The third-order valence-corrected chi connectivity index (χ3v) is 5.08. The first-order valence-electron chi connectivity index (χ1n) is 8.93. The molecule has 25 heavy (non-hydrogen) atoms. The van der Waals surface area contributed by atoms with E-state index in [9.17, 15) is 4.79 Å². The fraction of sp³-hybridized carbons (Fsp3) is 0.333. The second-order valence-electron chi connectivity index (χ2n) is 6.66. The maximum atomic E-state index is 11.9. The van der Waals surface area contributed by atoms with Gasteiger partial charge in [-0.25, -0.2) is 9.78 Å². The number of aromatic nitrogens is 2. The Bertz CT molecular complexity index is 893. The van der Waals surface area contributed by atoms with Gasteiger partial charge in [-0.1, -0.05) is 49.6 Å². The number of hydrogen-bond acceptors (Lipinski definition) is 3. The molecule has 4 rings (SSSR count). The van der Waals surface area contributed by atoms with E-state index in [4.69, 9.17) is 9.72 Å². The summed E-state index contributed by atoms with van der Waals surface area (Å²) in [7, 11) is 1.41. The first-order valence-corrected chi connectivity index (χ1v) is 8.93. The molecule has 0 spiro atoms. The number of carbonyl (C=O) groups is 1. The van der Waals surface area contributed by atoms with Gasteiger partial charge >= 0.3 is 5.97 Å². The summed E-state index contributed by atoms with van der Waals surface area (Å²) in [5.41, 5.74) is 3.61. The minimum absolute atomic E-state index is 0.324. The quantitative estimate of drug-likeness (QED) is 0.633. The lowest BCUT2D eigenvalue weighted by atomic mass is 9.95. The second kappa shape index (κ2) is 6.71. The van der Waals surface area contributed by atoms with Crippen LogP contribution in [0.5, 0.6) is 0 Å². The smallest absolute Gasteiger partial charge is 0.337 e. The molecule has 128 valence electrons. The highest BCUT2D eigenvalue weighted by molar-refractivity contribution is 5.94. The van der Waals surface area contributed by atoms with Gasteiger partial charge in [0.15, 0.2) is 0 Å². The van der Waals surface area contributed by atoms with Crippen LogP contribution in [0.25, 0.3) is 22.4 Å². The molecule has 1 saturated carbocycles. The molecule has 0 saturated heterocycles. The Hall–Kier alpha value is -2.62. The first kappa shape index (κ1) is 15.9. The molecular weight excluding hydrogens is 312 g/mol. The average molecular weight is 334 g/mol. The second-order valence-corrected chi connectivity index (χ2v) is 6.66. The predicted octanol–water partition coefficient (Wildman–Crippen LogP) is 5.00. The number of imidazole rings is 1. The van der Waals surface area contributed by atoms with Crippen LogP contribution < -0.4 is 0 Å². The number of ether oxygens (including phenoxy) is 1. The Morgan fingerprint density at radius 1 is 1.08 bits per heavy atom. The molecule has 1 aliphatic carbocycles. The monoisotopic (exact) mass is 334 g/mol. The van der Waals surface area contributed by atoms with Gasteiger partial charge in [0.1, 0.15) is 5.82 Å². The minimum atomic E-state index is -0.324. The largest absolute Gasteiger partial charge is 0.465 e. The van der Waals surface area contributed by atoms with Gasteiger partial charge in [-0.2, -0.15) is 0 Å². The molecule has 1 heterocycles. The third-order valence-electron chi connectivity index (χ3n) is 5.08. The summed E-state index contributed by atoms with van der Waals surface area (Å²) in [5, 5.41) is 0. The van der Waals surface area contributed by atoms with Crippen LogP contribution in [0.3, 0.4) is 0 Å². The Balaban J connectivity index is 1.90. The number of methoxy groups -OCH3 is 1. The van der Waals surface area contributed by atoms with E-state index in [0.717, 1.165) is 22.4 Å². The standard InChI is InChI=1S/C21H22N2O2/c1-25-21(24)16-12-13-19-18(14-16)22-20(15-8-4-2-5-9-15)23(19)17-10-6-3-7-11-17/h2,4-5,8-9,12-14,17H,3,6-7,10-11H2,1H3. The Morgan fingerprint density at radius 2 is 1.84 bits per heavy atom. The number of hydrogen-bond donors (Lipinski definition) is 0. The fourth-order valence-electron chi connectivity index (χ4n) is 3.84. The van der Waals surface area contributed by atoms with E-state index in [1.54, 1.807) is 0 Å². The van der Waals surface area contributed by atoms with Gasteiger partial charge in [0.05, 0.1) is 23.7 Å². The van der Waals surface area contributed by atoms with Crippen molar-refractivity contribution in [1.82, 2.24) is 9.55 Å². The van der Waals surface area contributed by atoms with Crippen molar-refractivity contribution in [1.29, 1.82) is 0 Å². The molecule has 4 nitrogen and oxygen atoms in total. The van der Waals surface area contributed by atoms with Crippen LogP contribution in [-0.2, 0) is 4.74 Å². The van der Waals surface area contributed by atoms with Gasteiger partial charge in [0.2, 0.25) is 0 Å². The van der Waals surface area contributed by atoms with Crippen LogP contribution >= 0.6 is 0 Å². The van der Waals surface area contributed by atoms with E-state index >= 15 is 0 Å². The number of carbonyl (C=O) groups excluding carboxylic acids is 1. The molecule has 0 aliphatic heterocycles. The maximum Gasteiger partial charge on any atom is 0.337 e. The van der Waals surface area contributed by atoms with E-state index < -0.39 is 0 Å². The normalized spacial score (nSPS) is 15.4. The molecule has 1 fully saturated rings. The summed E-state index contributed by atoms with van der Waals surface area (Å²) in [5.74, 6) is 0.667.